The van der Waals surface area contributed by atoms with E-state index in [1.165, 1.54) is 6.08 Å². The van der Waals surface area contributed by atoms with Crippen molar-refractivity contribution in [3.8, 4) is 11.5 Å². The Morgan fingerprint density at radius 3 is 2.56 bits per heavy atom. The highest BCUT2D eigenvalue weighted by molar-refractivity contribution is 8.18. The molecule has 0 aliphatic carbocycles. The number of hydrogen-bond acceptors (Lipinski definition) is 8. The van der Waals surface area contributed by atoms with Gasteiger partial charge in [-0.3, -0.25) is 24.1 Å². The van der Waals surface area contributed by atoms with E-state index in [0.717, 1.165) is 17.0 Å². The summed E-state index contributed by atoms with van der Waals surface area (Å²) >= 11 is 0.646. The summed E-state index contributed by atoms with van der Waals surface area (Å²) in [6, 6.07) is 7.45. The molecule has 0 unspecified atom stereocenters. The average molecular weight is 562 g/mol. The van der Waals surface area contributed by atoms with Crippen LogP contribution in [-0.2, 0) is 19.1 Å². The average Bonchev–Trinajstić information content (AvgIpc) is 3.17. The number of carbonyl (C=O) groups is 4. The lowest BCUT2D eigenvalue weighted by atomic mass is 10.2. The summed E-state index contributed by atoms with van der Waals surface area (Å²) in [5.74, 6) is -2.81. The van der Waals surface area contributed by atoms with Crippen LogP contribution in [0.2, 0.25) is 0 Å². The van der Waals surface area contributed by atoms with E-state index >= 15 is 0 Å². The standard InChI is InChI=1S/C26H25F2N3O7S/c1-2-37-21-11-16(3-6-20(21)38-15-24(33)30-7-9-36-10-8-30)12-22-25(34)31(26(35)39-22)14-23(32)29-19-5-4-17(27)13-18(19)28/h3-6,11-13H,2,7-10,14-15H2,1H3,(H,29,32)/b22-12-. The molecule has 0 saturated carbocycles. The van der Waals surface area contributed by atoms with Gasteiger partial charge in [-0.2, -0.15) is 0 Å². The number of anilines is 1. The number of imide groups is 1. The topological polar surface area (TPSA) is 114 Å². The minimum Gasteiger partial charge on any atom is -0.490 e. The second kappa shape index (κ2) is 12.7. The molecule has 4 rings (SSSR count). The monoisotopic (exact) mass is 561 g/mol. The molecule has 2 saturated heterocycles. The predicted molar refractivity (Wildman–Crippen MR) is 138 cm³/mol. The largest absolute Gasteiger partial charge is 0.490 e. The maximum Gasteiger partial charge on any atom is 0.294 e. The van der Waals surface area contributed by atoms with Gasteiger partial charge in [0.1, 0.15) is 18.2 Å². The van der Waals surface area contributed by atoms with Crippen LogP contribution in [0.3, 0.4) is 0 Å². The van der Waals surface area contributed by atoms with Crippen LogP contribution < -0.4 is 14.8 Å². The van der Waals surface area contributed by atoms with E-state index in [1.807, 2.05) is 0 Å². The van der Waals surface area contributed by atoms with E-state index < -0.39 is 35.2 Å². The van der Waals surface area contributed by atoms with E-state index in [0.29, 0.717) is 67.8 Å². The summed E-state index contributed by atoms with van der Waals surface area (Å²) in [4.78, 5) is 52.4. The number of carbonyl (C=O) groups excluding carboxylic acids is 4. The lowest BCUT2D eigenvalue weighted by Gasteiger charge is -2.26. The van der Waals surface area contributed by atoms with Gasteiger partial charge in [0.05, 0.1) is 30.4 Å². The number of rotatable bonds is 9. The number of thioether (sulfide) groups is 1. The van der Waals surface area contributed by atoms with Gasteiger partial charge < -0.3 is 24.4 Å². The summed E-state index contributed by atoms with van der Waals surface area (Å²) in [5.41, 5.74) is 0.245. The molecule has 39 heavy (non-hydrogen) atoms. The minimum atomic E-state index is -0.986. The van der Waals surface area contributed by atoms with Crippen molar-refractivity contribution >= 4 is 46.5 Å². The normalized spacial score (nSPS) is 16.5. The molecule has 0 bridgehead atoms. The Hall–Kier alpha value is -3.97. The van der Waals surface area contributed by atoms with Gasteiger partial charge >= 0.3 is 0 Å². The first-order valence-corrected chi connectivity index (χ1v) is 12.8. The summed E-state index contributed by atoms with van der Waals surface area (Å²) in [5, 5.41) is 1.55. The number of ether oxygens (including phenoxy) is 3. The maximum absolute atomic E-state index is 13.8. The van der Waals surface area contributed by atoms with E-state index in [-0.39, 0.29) is 23.1 Å². The Kier molecular flexibility index (Phi) is 9.15. The molecule has 0 radical (unpaired) electrons. The van der Waals surface area contributed by atoms with Crippen molar-refractivity contribution in [3.63, 3.8) is 0 Å². The van der Waals surface area contributed by atoms with E-state index in [4.69, 9.17) is 14.2 Å². The molecule has 0 spiro atoms. The number of hydrogen-bond donors (Lipinski definition) is 1. The molecular weight excluding hydrogens is 536 g/mol. The van der Waals surface area contributed by atoms with Crippen LogP contribution in [0.5, 0.6) is 11.5 Å². The van der Waals surface area contributed by atoms with Gasteiger partial charge in [-0.1, -0.05) is 6.07 Å². The first kappa shape index (κ1) is 28.0. The van der Waals surface area contributed by atoms with Crippen LogP contribution in [0.4, 0.5) is 19.3 Å². The van der Waals surface area contributed by atoms with Gasteiger partial charge in [0.2, 0.25) is 5.91 Å². The molecule has 2 heterocycles. The van der Waals surface area contributed by atoms with Crippen LogP contribution in [0.25, 0.3) is 6.08 Å². The third kappa shape index (κ3) is 7.12. The minimum absolute atomic E-state index is 0.0689. The molecule has 2 aromatic carbocycles. The zero-order valence-corrected chi connectivity index (χ0v) is 21.7. The van der Waals surface area contributed by atoms with Gasteiger partial charge in [0.25, 0.3) is 17.1 Å². The first-order chi connectivity index (χ1) is 18.7. The Morgan fingerprint density at radius 2 is 1.85 bits per heavy atom. The van der Waals surface area contributed by atoms with Crippen molar-refractivity contribution in [2.24, 2.45) is 0 Å². The Labute approximate surface area is 226 Å². The molecule has 2 aromatic rings. The third-order valence-corrected chi connectivity index (χ3v) is 6.57. The summed E-state index contributed by atoms with van der Waals surface area (Å²) in [6.45, 7) is 3.23. The number of halogens is 2. The van der Waals surface area contributed by atoms with Crippen molar-refractivity contribution in [3.05, 3.63) is 58.5 Å². The molecule has 206 valence electrons. The van der Waals surface area contributed by atoms with E-state index in [2.05, 4.69) is 5.32 Å². The highest BCUT2D eigenvalue weighted by Crippen LogP contribution is 2.34. The number of benzene rings is 2. The number of morpholine rings is 1. The zero-order valence-electron chi connectivity index (χ0n) is 20.9. The predicted octanol–water partition coefficient (Wildman–Crippen LogP) is 3.28. The van der Waals surface area contributed by atoms with E-state index in [1.54, 1.807) is 30.0 Å². The SMILES string of the molecule is CCOc1cc(/C=C2\SC(=O)N(CC(=O)Nc3ccc(F)cc3F)C2=O)ccc1OCC(=O)N1CCOCC1. The van der Waals surface area contributed by atoms with Gasteiger partial charge in [-0.25, -0.2) is 8.78 Å². The summed E-state index contributed by atoms with van der Waals surface area (Å²) < 4.78 is 43.5. The smallest absolute Gasteiger partial charge is 0.294 e. The molecule has 10 nitrogen and oxygen atoms in total. The zero-order chi connectivity index (χ0) is 27.9. The highest BCUT2D eigenvalue weighted by Gasteiger charge is 2.36. The van der Waals surface area contributed by atoms with Crippen molar-refractivity contribution in [2.45, 2.75) is 6.92 Å². The number of nitrogens with zero attached hydrogens (tertiary/aromatic N) is 2. The lowest BCUT2D eigenvalue weighted by Crippen LogP contribution is -2.43. The molecule has 4 amide bonds. The van der Waals surface area contributed by atoms with E-state index in [9.17, 15) is 28.0 Å². The Balaban J connectivity index is 1.41. The quantitative estimate of drug-likeness (QED) is 0.464. The molecule has 2 aliphatic heterocycles. The maximum atomic E-state index is 13.8. The second-order valence-corrected chi connectivity index (χ2v) is 9.35. The van der Waals surface area contributed by atoms with Crippen LogP contribution >= 0.6 is 11.8 Å². The van der Waals surface area contributed by atoms with Gasteiger partial charge in [-0.15, -0.1) is 0 Å². The van der Waals surface area contributed by atoms with Gasteiger partial charge in [0, 0.05) is 19.2 Å². The van der Waals surface area contributed by atoms with Gasteiger partial charge in [-0.05, 0) is 54.6 Å². The van der Waals surface area contributed by atoms with Crippen LogP contribution in [0.15, 0.2) is 41.3 Å². The fourth-order valence-electron chi connectivity index (χ4n) is 3.76. The van der Waals surface area contributed by atoms with Crippen molar-refractivity contribution < 1.29 is 42.2 Å². The lowest BCUT2D eigenvalue weighted by molar-refractivity contribution is -0.137. The Morgan fingerprint density at radius 1 is 1.08 bits per heavy atom. The fraction of sp³-hybridized carbons (Fsp3) is 0.308. The van der Waals surface area contributed by atoms with Crippen LogP contribution in [0.1, 0.15) is 12.5 Å². The molecule has 0 aromatic heterocycles. The van der Waals surface area contributed by atoms with Crippen LogP contribution in [0, 0.1) is 11.6 Å². The first-order valence-electron chi connectivity index (χ1n) is 12.0. The second-order valence-electron chi connectivity index (χ2n) is 8.36. The summed E-state index contributed by atoms with van der Waals surface area (Å²) in [7, 11) is 0. The third-order valence-electron chi connectivity index (χ3n) is 5.66. The van der Waals surface area contributed by atoms with Crippen LogP contribution in [-0.4, -0.2) is 78.8 Å². The van der Waals surface area contributed by atoms with Crippen molar-refractivity contribution in [1.29, 1.82) is 0 Å². The summed E-state index contributed by atoms with van der Waals surface area (Å²) in [6.07, 6.45) is 1.47. The van der Waals surface area contributed by atoms with Gasteiger partial charge in [0.15, 0.2) is 18.1 Å². The highest BCUT2D eigenvalue weighted by atomic mass is 32.2. The molecule has 2 aliphatic rings. The molecular formula is C26H25F2N3O7S. The number of nitrogens with one attached hydrogen (secondary N) is 1. The molecule has 13 heteroatoms. The van der Waals surface area contributed by atoms with Crippen molar-refractivity contribution in [2.75, 3.05) is 51.4 Å². The molecule has 2 fully saturated rings. The number of amides is 4. The molecule has 0 atom stereocenters. The van der Waals surface area contributed by atoms with Crippen molar-refractivity contribution in [1.82, 2.24) is 9.80 Å². The fourth-order valence-corrected chi connectivity index (χ4v) is 4.60. The Bertz CT molecular complexity index is 1310. The molecule has 1 N–H and O–H groups in total.